The Bertz CT molecular complexity index is 952. The number of rotatable bonds is 13. The first-order chi connectivity index (χ1) is 16.8. The zero-order valence-corrected chi connectivity index (χ0v) is 23.4. The SMILES string of the molecule is CC(C)[C@H](C(=O)NC(C)(C)COC(C)(C)CCNC(=O)[C@@H](c1ccccc1)C(C)C)c1ccccc1. The van der Waals surface area contributed by atoms with Gasteiger partial charge in [0.2, 0.25) is 11.8 Å². The van der Waals surface area contributed by atoms with E-state index in [0.29, 0.717) is 19.6 Å². The van der Waals surface area contributed by atoms with Crippen LogP contribution in [0.1, 0.15) is 84.8 Å². The first kappa shape index (κ1) is 29.6. The molecule has 2 atom stereocenters. The summed E-state index contributed by atoms with van der Waals surface area (Å²) in [6, 6.07) is 19.8. The molecule has 0 saturated heterocycles. The first-order valence-corrected chi connectivity index (χ1v) is 13.2. The maximum Gasteiger partial charge on any atom is 0.228 e. The smallest absolute Gasteiger partial charge is 0.228 e. The molecule has 0 radical (unpaired) electrons. The van der Waals surface area contributed by atoms with Gasteiger partial charge in [-0.2, -0.15) is 0 Å². The zero-order valence-electron chi connectivity index (χ0n) is 23.4. The fourth-order valence-corrected chi connectivity index (χ4v) is 4.49. The van der Waals surface area contributed by atoms with Crippen LogP contribution in [0, 0.1) is 11.8 Å². The molecule has 36 heavy (non-hydrogen) atoms. The van der Waals surface area contributed by atoms with Crippen LogP contribution in [0.5, 0.6) is 0 Å². The molecule has 0 saturated carbocycles. The second-order valence-corrected chi connectivity index (χ2v) is 11.7. The maximum atomic E-state index is 13.2. The van der Waals surface area contributed by atoms with Gasteiger partial charge >= 0.3 is 0 Å². The van der Waals surface area contributed by atoms with E-state index in [1.165, 1.54) is 0 Å². The van der Waals surface area contributed by atoms with Gasteiger partial charge in [0.1, 0.15) is 0 Å². The van der Waals surface area contributed by atoms with Crippen LogP contribution in [0.3, 0.4) is 0 Å². The standard InChI is InChI=1S/C31H46N2O3/c1-22(2)26(24-15-11-9-12-16-24)28(34)32-20-19-31(7,8)36-21-30(5,6)33-29(35)27(23(3)4)25-17-13-10-14-18-25/h9-18,22-23,26-27H,19-21H2,1-8H3,(H,32,34)(H,33,35)/t26-,27+/m1/s1. The molecule has 0 heterocycles. The van der Waals surface area contributed by atoms with Crippen molar-refractivity contribution >= 4 is 11.8 Å². The van der Waals surface area contributed by atoms with Gasteiger partial charge in [-0.15, -0.1) is 0 Å². The van der Waals surface area contributed by atoms with E-state index in [0.717, 1.165) is 11.1 Å². The van der Waals surface area contributed by atoms with Crippen LogP contribution in [0.25, 0.3) is 0 Å². The van der Waals surface area contributed by atoms with Gasteiger partial charge in [-0.1, -0.05) is 88.4 Å². The van der Waals surface area contributed by atoms with Crippen molar-refractivity contribution in [2.45, 2.75) is 84.8 Å². The van der Waals surface area contributed by atoms with Gasteiger partial charge in [0.05, 0.1) is 29.6 Å². The summed E-state index contributed by atoms with van der Waals surface area (Å²) < 4.78 is 6.25. The third kappa shape index (κ3) is 9.09. The lowest BCUT2D eigenvalue weighted by molar-refractivity contribution is -0.128. The Hall–Kier alpha value is -2.66. The fourth-order valence-electron chi connectivity index (χ4n) is 4.49. The first-order valence-electron chi connectivity index (χ1n) is 13.2. The van der Waals surface area contributed by atoms with Gasteiger partial charge in [0.15, 0.2) is 0 Å². The summed E-state index contributed by atoms with van der Waals surface area (Å²) in [5.41, 5.74) is 1.07. The van der Waals surface area contributed by atoms with E-state index in [-0.39, 0.29) is 35.5 Å². The Kier molecular flexibility index (Phi) is 10.7. The minimum atomic E-state index is -0.532. The number of amides is 2. The zero-order chi connectivity index (χ0) is 26.9. The van der Waals surface area contributed by atoms with Gasteiger partial charge < -0.3 is 15.4 Å². The van der Waals surface area contributed by atoms with Gasteiger partial charge in [-0.05, 0) is 57.1 Å². The van der Waals surface area contributed by atoms with Crippen molar-refractivity contribution in [1.29, 1.82) is 0 Å². The van der Waals surface area contributed by atoms with E-state index in [9.17, 15) is 9.59 Å². The largest absolute Gasteiger partial charge is 0.373 e. The molecule has 0 unspecified atom stereocenters. The van der Waals surface area contributed by atoms with Crippen LogP contribution in [0.4, 0.5) is 0 Å². The number of benzene rings is 2. The third-order valence-electron chi connectivity index (χ3n) is 6.53. The van der Waals surface area contributed by atoms with Gasteiger partial charge in [-0.25, -0.2) is 0 Å². The van der Waals surface area contributed by atoms with Crippen LogP contribution in [-0.4, -0.2) is 36.1 Å². The number of hydrogen-bond donors (Lipinski definition) is 2. The van der Waals surface area contributed by atoms with E-state index >= 15 is 0 Å². The summed E-state index contributed by atoms with van der Waals surface area (Å²) in [7, 11) is 0. The lowest BCUT2D eigenvalue weighted by Gasteiger charge is -2.34. The molecule has 198 valence electrons. The number of carbonyl (C=O) groups is 2. The summed E-state index contributed by atoms with van der Waals surface area (Å²) in [6.07, 6.45) is 0.668. The van der Waals surface area contributed by atoms with Crippen molar-refractivity contribution in [1.82, 2.24) is 10.6 Å². The van der Waals surface area contributed by atoms with Crippen LogP contribution >= 0.6 is 0 Å². The van der Waals surface area contributed by atoms with Crippen LogP contribution in [-0.2, 0) is 14.3 Å². The Morgan fingerprint density at radius 1 is 0.750 bits per heavy atom. The highest BCUT2D eigenvalue weighted by Gasteiger charge is 2.31. The normalized spacial score (nSPS) is 13.9. The third-order valence-corrected chi connectivity index (χ3v) is 6.53. The highest BCUT2D eigenvalue weighted by molar-refractivity contribution is 5.84. The van der Waals surface area contributed by atoms with Crippen molar-refractivity contribution in [2.24, 2.45) is 11.8 Å². The van der Waals surface area contributed by atoms with Gasteiger partial charge in [-0.3, -0.25) is 9.59 Å². The Morgan fingerprint density at radius 3 is 1.64 bits per heavy atom. The molecule has 0 aliphatic heterocycles. The molecule has 5 nitrogen and oxygen atoms in total. The molecule has 0 fully saturated rings. The number of hydrogen-bond acceptors (Lipinski definition) is 3. The average Bonchev–Trinajstić information content (AvgIpc) is 2.78. The Labute approximate surface area is 218 Å². The Balaban J connectivity index is 1.89. The summed E-state index contributed by atoms with van der Waals surface area (Å²) in [4.78, 5) is 26.1. The van der Waals surface area contributed by atoms with E-state index in [1.54, 1.807) is 0 Å². The number of carbonyl (C=O) groups excluding carboxylic acids is 2. The molecule has 0 aromatic heterocycles. The van der Waals surface area contributed by atoms with E-state index in [4.69, 9.17) is 4.74 Å². The fraction of sp³-hybridized carbons (Fsp3) is 0.548. The van der Waals surface area contributed by atoms with Crippen molar-refractivity contribution < 1.29 is 14.3 Å². The molecule has 0 aliphatic rings. The molecular weight excluding hydrogens is 448 g/mol. The molecule has 0 spiro atoms. The van der Waals surface area contributed by atoms with E-state index in [2.05, 4.69) is 38.3 Å². The predicted octanol–water partition coefficient (Wildman–Crippen LogP) is 6.06. The summed E-state index contributed by atoms with van der Waals surface area (Å²) >= 11 is 0. The molecule has 5 heteroatoms. The Morgan fingerprint density at radius 2 is 1.19 bits per heavy atom. The topological polar surface area (TPSA) is 67.4 Å². The monoisotopic (exact) mass is 494 g/mol. The molecule has 2 aromatic carbocycles. The maximum absolute atomic E-state index is 13.2. The van der Waals surface area contributed by atoms with Crippen LogP contribution < -0.4 is 10.6 Å². The van der Waals surface area contributed by atoms with E-state index < -0.39 is 11.1 Å². The van der Waals surface area contributed by atoms with Crippen molar-refractivity contribution in [3.8, 4) is 0 Å². The van der Waals surface area contributed by atoms with Crippen molar-refractivity contribution in [3.63, 3.8) is 0 Å². The lowest BCUT2D eigenvalue weighted by atomic mass is 9.87. The molecule has 0 aliphatic carbocycles. The summed E-state index contributed by atoms with van der Waals surface area (Å²) in [6.45, 7) is 17.2. The molecule has 2 rings (SSSR count). The molecular formula is C31H46N2O3. The molecule has 2 N–H and O–H groups in total. The molecule has 2 amide bonds. The highest BCUT2D eigenvalue weighted by Crippen LogP contribution is 2.27. The average molecular weight is 495 g/mol. The molecule has 0 bridgehead atoms. The van der Waals surface area contributed by atoms with Crippen molar-refractivity contribution in [3.05, 3.63) is 71.8 Å². The van der Waals surface area contributed by atoms with Crippen LogP contribution in [0.15, 0.2) is 60.7 Å². The van der Waals surface area contributed by atoms with Crippen LogP contribution in [0.2, 0.25) is 0 Å². The quantitative estimate of drug-likeness (QED) is 0.356. The van der Waals surface area contributed by atoms with Gasteiger partial charge in [0, 0.05) is 6.54 Å². The summed E-state index contributed by atoms with van der Waals surface area (Å²) in [5, 5.41) is 6.30. The second kappa shape index (κ2) is 13.0. The van der Waals surface area contributed by atoms with Gasteiger partial charge in [0.25, 0.3) is 0 Å². The predicted molar refractivity (Wildman–Crippen MR) is 148 cm³/mol. The minimum Gasteiger partial charge on any atom is -0.373 e. The van der Waals surface area contributed by atoms with Crippen molar-refractivity contribution in [2.75, 3.05) is 13.2 Å². The highest BCUT2D eigenvalue weighted by atomic mass is 16.5. The minimum absolute atomic E-state index is 0.00973. The molecule has 2 aromatic rings. The van der Waals surface area contributed by atoms with E-state index in [1.807, 2.05) is 88.4 Å². The lowest BCUT2D eigenvalue weighted by Crippen LogP contribution is -2.51. The second-order valence-electron chi connectivity index (χ2n) is 11.7. The number of nitrogens with one attached hydrogen (secondary N) is 2. The summed E-state index contributed by atoms with van der Waals surface area (Å²) in [5.74, 6) is 0.0344. The number of ether oxygens (including phenoxy) is 1.